The van der Waals surface area contributed by atoms with Gasteiger partial charge >= 0.3 is 0 Å². The number of imide groups is 1. The van der Waals surface area contributed by atoms with Crippen molar-refractivity contribution in [1.29, 1.82) is 0 Å². The molecule has 0 bridgehead atoms. The fourth-order valence-corrected chi connectivity index (χ4v) is 4.02. The first-order valence-corrected chi connectivity index (χ1v) is 10.3. The Bertz CT molecular complexity index is 1190. The summed E-state index contributed by atoms with van der Waals surface area (Å²) in [7, 11) is 0. The number of hydrogen-bond donors (Lipinski definition) is 2. The van der Waals surface area contributed by atoms with Gasteiger partial charge in [-0.05, 0) is 31.0 Å². The smallest absolute Gasteiger partial charge is 0.248 e. The predicted octanol–water partition coefficient (Wildman–Crippen LogP) is 4.09. The van der Waals surface area contributed by atoms with E-state index in [9.17, 15) is 9.59 Å². The number of hydrogen-bond acceptors (Lipinski definition) is 3. The molecule has 0 spiro atoms. The third kappa shape index (κ3) is 3.81. The van der Waals surface area contributed by atoms with Crippen molar-refractivity contribution in [3.05, 3.63) is 66.5 Å². The van der Waals surface area contributed by atoms with Crippen molar-refractivity contribution in [3.63, 3.8) is 0 Å². The molecule has 0 saturated carbocycles. The molecular weight excluding hydrogens is 376 g/mol. The highest BCUT2D eigenvalue weighted by atomic mass is 16.2. The quantitative estimate of drug-likeness (QED) is 0.489. The predicted molar refractivity (Wildman–Crippen MR) is 121 cm³/mol. The minimum absolute atomic E-state index is 0.150. The van der Waals surface area contributed by atoms with Crippen LogP contribution in [0.2, 0.25) is 0 Å². The molecule has 0 fully saturated rings. The standard InChI is InChI=1S/C24H26N4O2/c1-3-28(17(2)29)24(30)16-27(23-15-26-22-11-7-5-9-20(22)23)13-12-18-14-25-21-10-6-4-8-19(18)21/h4-11,14-15,25-26H,3,12-13,16H2,1-2H3. The summed E-state index contributed by atoms with van der Waals surface area (Å²) in [6, 6.07) is 16.3. The molecule has 2 heterocycles. The second-order valence-electron chi connectivity index (χ2n) is 7.41. The molecule has 0 saturated heterocycles. The maximum atomic E-state index is 12.9. The fraction of sp³-hybridized carbons (Fsp3) is 0.250. The van der Waals surface area contributed by atoms with Gasteiger partial charge in [0.25, 0.3) is 0 Å². The summed E-state index contributed by atoms with van der Waals surface area (Å²) in [4.78, 5) is 34.7. The van der Waals surface area contributed by atoms with Gasteiger partial charge in [-0.15, -0.1) is 0 Å². The second kappa shape index (κ2) is 8.45. The number of likely N-dealkylation sites (N-methyl/N-ethyl adjacent to an activating group) is 1. The summed E-state index contributed by atoms with van der Waals surface area (Å²) in [5.74, 6) is -0.410. The van der Waals surface area contributed by atoms with Crippen LogP contribution in [0.15, 0.2) is 60.9 Å². The Morgan fingerprint density at radius 2 is 1.53 bits per heavy atom. The molecule has 0 aliphatic carbocycles. The van der Waals surface area contributed by atoms with E-state index in [1.807, 2.05) is 55.7 Å². The Morgan fingerprint density at radius 3 is 2.23 bits per heavy atom. The average molecular weight is 402 g/mol. The molecule has 2 N–H and O–H groups in total. The van der Waals surface area contributed by atoms with Gasteiger partial charge in [0.1, 0.15) is 0 Å². The van der Waals surface area contributed by atoms with E-state index in [1.165, 1.54) is 22.8 Å². The number of benzene rings is 2. The van der Waals surface area contributed by atoms with Crippen molar-refractivity contribution in [2.75, 3.05) is 24.5 Å². The van der Waals surface area contributed by atoms with Gasteiger partial charge < -0.3 is 14.9 Å². The third-order valence-corrected chi connectivity index (χ3v) is 5.56. The zero-order chi connectivity index (χ0) is 21.1. The van der Waals surface area contributed by atoms with Crippen LogP contribution in [-0.4, -0.2) is 46.3 Å². The number of nitrogens with zero attached hydrogens (tertiary/aromatic N) is 2. The highest BCUT2D eigenvalue weighted by Crippen LogP contribution is 2.27. The van der Waals surface area contributed by atoms with Crippen molar-refractivity contribution in [3.8, 4) is 0 Å². The van der Waals surface area contributed by atoms with Crippen molar-refractivity contribution in [2.45, 2.75) is 20.3 Å². The van der Waals surface area contributed by atoms with Crippen molar-refractivity contribution in [1.82, 2.24) is 14.9 Å². The summed E-state index contributed by atoms with van der Waals surface area (Å²) in [5, 5.41) is 2.26. The molecule has 6 heteroatoms. The summed E-state index contributed by atoms with van der Waals surface area (Å²) < 4.78 is 0. The molecule has 0 unspecified atom stereocenters. The normalized spacial score (nSPS) is 11.1. The Kier molecular flexibility index (Phi) is 5.57. The van der Waals surface area contributed by atoms with Crippen molar-refractivity contribution >= 4 is 39.3 Å². The summed E-state index contributed by atoms with van der Waals surface area (Å²) in [5.41, 5.74) is 4.31. The van der Waals surface area contributed by atoms with Crippen LogP contribution >= 0.6 is 0 Å². The van der Waals surface area contributed by atoms with Crippen LogP contribution in [0.1, 0.15) is 19.4 Å². The largest absolute Gasteiger partial charge is 0.361 e. The molecule has 0 aliphatic rings. The monoisotopic (exact) mass is 402 g/mol. The fourth-order valence-electron chi connectivity index (χ4n) is 4.02. The van der Waals surface area contributed by atoms with E-state index in [-0.39, 0.29) is 18.4 Å². The van der Waals surface area contributed by atoms with Crippen LogP contribution in [0.5, 0.6) is 0 Å². The number of rotatable bonds is 7. The number of fused-ring (bicyclic) bond motifs is 2. The lowest BCUT2D eigenvalue weighted by molar-refractivity contribution is -0.142. The Labute approximate surface area is 175 Å². The minimum atomic E-state index is -0.224. The van der Waals surface area contributed by atoms with Crippen LogP contribution in [0.3, 0.4) is 0 Å². The SMILES string of the molecule is CCN(C(C)=O)C(=O)CN(CCc1c[nH]c2ccccc12)c1c[nH]c2ccccc12. The van der Waals surface area contributed by atoms with Crippen molar-refractivity contribution in [2.24, 2.45) is 0 Å². The van der Waals surface area contributed by atoms with Crippen LogP contribution in [0.4, 0.5) is 5.69 Å². The molecule has 154 valence electrons. The Hall–Kier alpha value is -3.54. The zero-order valence-electron chi connectivity index (χ0n) is 17.3. The summed E-state index contributed by atoms with van der Waals surface area (Å²) >= 11 is 0. The number of aromatic nitrogens is 2. The lowest BCUT2D eigenvalue weighted by Gasteiger charge is -2.26. The number of carbonyl (C=O) groups excluding carboxylic acids is 2. The van der Waals surface area contributed by atoms with E-state index < -0.39 is 0 Å². The van der Waals surface area contributed by atoms with Gasteiger partial charge in [0, 0.05) is 54.2 Å². The first-order valence-electron chi connectivity index (χ1n) is 10.3. The molecule has 30 heavy (non-hydrogen) atoms. The first-order chi connectivity index (χ1) is 14.6. The number of nitrogens with one attached hydrogen (secondary N) is 2. The van der Waals surface area contributed by atoms with Crippen molar-refractivity contribution < 1.29 is 9.59 Å². The maximum Gasteiger partial charge on any atom is 0.248 e. The minimum Gasteiger partial charge on any atom is -0.361 e. The Morgan fingerprint density at radius 1 is 0.900 bits per heavy atom. The van der Waals surface area contributed by atoms with E-state index in [0.29, 0.717) is 13.1 Å². The van der Waals surface area contributed by atoms with Crippen LogP contribution in [0, 0.1) is 0 Å². The van der Waals surface area contributed by atoms with Gasteiger partial charge in [-0.1, -0.05) is 36.4 Å². The number of carbonyl (C=O) groups is 2. The molecule has 2 aromatic carbocycles. The summed E-state index contributed by atoms with van der Waals surface area (Å²) in [6.07, 6.45) is 4.76. The van der Waals surface area contributed by atoms with Gasteiger partial charge in [0.05, 0.1) is 12.2 Å². The van der Waals surface area contributed by atoms with Crippen LogP contribution < -0.4 is 4.90 Å². The van der Waals surface area contributed by atoms with Gasteiger partial charge in [0.2, 0.25) is 11.8 Å². The number of H-pyrrole nitrogens is 2. The highest BCUT2D eigenvalue weighted by Gasteiger charge is 2.21. The van der Waals surface area contributed by atoms with Gasteiger partial charge in [-0.3, -0.25) is 14.5 Å². The number of amides is 2. The molecule has 4 rings (SSSR count). The van der Waals surface area contributed by atoms with E-state index in [1.54, 1.807) is 0 Å². The zero-order valence-corrected chi connectivity index (χ0v) is 17.3. The molecule has 0 aliphatic heterocycles. The highest BCUT2D eigenvalue weighted by molar-refractivity contribution is 5.99. The second-order valence-corrected chi connectivity index (χ2v) is 7.41. The van der Waals surface area contributed by atoms with E-state index in [0.717, 1.165) is 28.5 Å². The molecule has 0 atom stereocenters. The molecule has 2 aromatic heterocycles. The number of aromatic amines is 2. The first kappa shape index (κ1) is 19.8. The topological polar surface area (TPSA) is 72.2 Å². The molecule has 0 radical (unpaired) electrons. The average Bonchev–Trinajstić information content (AvgIpc) is 3.36. The number of para-hydroxylation sites is 2. The molecule has 2 amide bonds. The molecule has 4 aromatic rings. The van der Waals surface area contributed by atoms with Gasteiger partial charge in [-0.25, -0.2) is 0 Å². The lowest BCUT2D eigenvalue weighted by atomic mass is 10.1. The Balaban J connectivity index is 1.63. The van der Waals surface area contributed by atoms with Crippen LogP contribution in [0.25, 0.3) is 21.8 Å². The van der Waals surface area contributed by atoms with Gasteiger partial charge in [-0.2, -0.15) is 0 Å². The van der Waals surface area contributed by atoms with E-state index in [2.05, 4.69) is 27.0 Å². The van der Waals surface area contributed by atoms with Gasteiger partial charge in [0.15, 0.2) is 0 Å². The number of anilines is 1. The lowest BCUT2D eigenvalue weighted by Crippen LogP contribution is -2.43. The molecular formula is C24H26N4O2. The third-order valence-electron chi connectivity index (χ3n) is 5.56. The maximum absolute atomic E-state index is 12.9. The summed E-state index contributed by atoms with van der Waals surface area (Å²) in [6.45, 7) is 4.44. The van der Waals surface area contributed by atoms with Crippen LogP contribution in [-0.2, 0) is 16.0 Å². The van der Waals surface area contributed by atoms with E-state index in [4.69, 9.17) is 0 Å². The molecule has 6 nitrogen and oxygen atoms in total. The van der Waals surface area contributed by atoms with E-state index >= 15 is 0 Å².